The summed E-state index contributed by atoms with van der Waals surface area (Å²) in [7, 11) is 0. The van der Waals surface area contributed by atoms with Gasteiger partial charge in [0, 0.05) is 11.6 Å². The van der Waals surface area contributed by atoms with Crippen molar-refractivity contribution >= 4 is 32.9 Å². The van der Waals surface area contributed by atoms with Crippen LogP contribution in [-0.4, -0.2) is 10.1 Å². The summed E-state index contributed by atoms with van der Waals surface area (Å²) in [5.41, 5.74) is 1.55. The Morgan fingerprint density at radius 1 is 1.50 bits per heavy atom. The van der Waals surface area contributed by atoms with Crippen LogP contribution in [0, 0.1) is 0 Å². The molecule has 0 aliphatic heterocycles. The van der Waals surface area contributed by atoms with Gasteiger partial charge in [-0.1, -0.05) is 18.7 Å². The van der Waals surface area contributed by atoms with Gasteiger partial charge >= 0.3 is 0 Å². The molecule has 0 spiro atoms. The van der Waals surface area contributed by atoms with Crippen molar-refractivity contribution in [3.05, 3.63) is 41.0 Å². The molecule has 1 heterocycles. The Bertz CT molecular complexity index is 508. The van der Waals surface area contributed by atoms with Crippen molar-refractivity contribution in [2.45, 2.75) is 0 Å². The first kappa shape index (κ1) is 9.21. The summed E-state index contributed by atoms with van der Waals surface area (Å²) >= 11 is 3.27. The van der Waals surface area contributed by atoms with E-state index >= 15 is 0 Å². The molecule has 2 nitrogen and oxygen atoms in total. The minimum Gasteiger partial charge on any atom is -0.505 e. The van der Waals surface area contributed by atoms with E-state index in [1.807, 2.05) is 18.2 Å². The number of phenolic OH excluding ortho intramolecular Hbond substituents is 1. The fourth-order valence-corrected chi connectivity index (χ4v) is 1.83. The molecular weight excluding hydrogens is 242 g/mol. The fraction of sp³-hybridized carbons (Fsp3) is 0. The van der Waals surface area contributed by atoms with Crippen LogP contribution in [0.15, 0.2) is 35.4 Å². The Hall–Kier alpha value is -1.35. The van der Waals surface area contributed by atoms with Crippen LogP contribution in [0.5, 0.6) is 5.75 Å². The summed E-state index contributed by atoms with van der Waals surface area (Å²) in [5.74, 6) is 0.172. The first-order chi connectivity index (χ1) is 6.74. The van der Waals surface area contributed by atoms with E-state index in [1.54, 1.807) is 12.3 Å². The average molecular weight is 250 g/mol. The smallest absolute Gasteiger partial charge is 0.156 e. The Morgan fingerprint density at radius 2 is 2.29 bits per heavy atom. The summed E-state index contributed by atoms with van der Waals surface area (Å²) in [6.07, 6.45) is 3.40. The molecule has 2 rings (SSSR count). The molecule has 0 saturated carbocycles. The van der Waals surface area contributed by atoms with Gasteiger partial charge in [-0.2, -0.15) is 0 Å². The molecule has 0 unspecified atom stereocenters. The molecule has 14 heavy (non-hydrogen) atoms. The van der Waals surface area contributed by atoms with E-state index in [1.165, 1.54) is 0 Å². The number of aromatic nitrogens is 1. The van der Waals surface area contributed by atoms with Crippen LogP contribution in [0.2, 0.25) is 0 Å². The molecule has 3 heteroatoms. The van der Waals surface area contributed by atoms with Crippen LogP contribution in [-0.2, 0) is 0 Å². The van der Waals surface area contributed by atoms with Crippen LogP contribution in [0.4, 0.5) is 0 Å². The highest BCUT2D eigenvalue weighted by molar-refractivity contribution is 9.10. The van der Waals surface area contributed by atoms with Gasteiger partial charge in [0.1, 0.15) is 5.52 Å². The van der Waals surface area contributed by atoms with Crippen LogP contribution in [0.1, 0.15) is 5.56 Å². The van der Waals surface area contributed by atoms with Crippen LogP contribution < -0.4 is 0 Å². The van der Waals surface area contributed by atoms with Crippen LogP contribution in [0.25, 0.3) is 17.0 Å². The summed E-state index contributed by atoms with van der Waals surface area (Å²) in [6, 6.07) is 5.57. The molecule has 70 valence electrons. The Balaban J connectivity index is 2.96. The van der Waals surface area contributed by atoms with Crippen molar-refractivity contribution in [1.29, 1.82) is 0 Å². The zero-order chi connectivity index (χ0) is 10.1. The first-order valence-corrected chi connectivity index (χ1v) is 4.92. The number of benzene rings is 1. The summed E-state index contributed by atoms with van der Waals surface area (Å²) in [4.78, 5) is 4.12. The molecule has 0 aliphatic rings. The van der Waals surface area contributed by atoms with E-state index in [0.29, 0.717) is 9.99 Å². The topological polar surface area (TPSA) is 33.1 Å². The second-order valence-corrected chi connectivity index (χ2v) is 3.75. The third kappa shape index (κ3) is 1.30. The summed E-state index contributed by atoms with van der Waals surface area (Å²) in [6.45, 7) is 3.72. The molecule has 1 aromatic heterocycles. The first-order valence-electron chi connectivity index (χ1n) is 4.12. The zero-order valence-corrected chi connectivity index (χ0v) is 8.95. The molecule has 1 aromatic carbocycles. The Kier molecular flexibility index (Phi) is 2.25. The van der Waals surface area contributed by atoms with Gasteiger partial charge in [-0.05, 0) is 33.6 Å². The third-order valence-corrected chi connectivity index (χ3v) is 2.68. The minimum atomic E-state index is 0.172. The molecule has 0 fully saturated rings. The number of halogens is 1. The van der Waals surface area contributed by atoms with Gasteiger partial charge in [-0.25, -0.2) is 0 Å². The quantitative estimate of drug-likeness (QED) is 0.841. The molecule has 1 N–H and O–H groups in total. The lowest BCUT2D eigenvalue weighted by Gasteiger charge is -2.05. The van der Waals surface area contributed by atoms with Gasteiger partial charge < -0.3 is 5.11 Å². The van der Waals surface area contributed by atoms with E-state index in [9.17, 15) is 5.11 Å². The molecule has 0 atom stereocenters. The lowest BCUT2D eigenvalue weighted by atomic mass is 10.1. The van der Waals surface area contributed by atoms with Gasteiger partial charge in [0.25, 0.3) is 0 Å². The molecular formula is C11H8BrNO. The highest BCUT2D eigenvalue weighted by atomic mass is 79.9. The molecule has 0 radical (unpaired) electrons. The zero-order valence-electron chi connectivity index (χ0n) is 7.37. The standard InChI is InChI=1S/C11H8BrNO/c1-2-7-6-9(12)11(14)10-8(7)4-3-5-13-10/h2-6,14H,1H2. The van der Waals surface area contributed by atoms with Gasteiger partial charge in [-0.15, -0.1) is 0 Å². The monoisotopic (exact) mass is 249 g/mol. The minimum absolute atomic E-state index is 0.172. The molecule has 0 amide bonds. The molecule has 2 aromatic rings. The lowest BCUT2D eigenvalue weighted by Crippen LogP contribution is -1.83. The van der Waals surface area contributed by atoms with Crippen molar-refractivity contribution in [2.24, 2.45) is 0 Å². The lowest BCUT2D eigenvalue weighted by molar-refractivity contribution is 0.477. The van der Waals surface area contributed by atoms with Crippen molar-refractivity contribution in [3.63, 3.8) is 0 Å². The second-order valence-electron chi connectivity index (χ2n) is 2.90. The highest BCUT2D eigenvalue weighted by Crippen LogP contribution is 2.33. The molecule has 0 bridgehead atoms. The van der Waals surface area contributed by atoms with Crippen molar-refractivity contribution < 1.29 is 5.11 Å². The van der Waals surface area contributed by atoms with Gasteiger partial charge in [-0.3, -0.25) is 4.98 Å². The van der Waals surface area contributed by atoms with E-state index in [2.05, 4.69) is 27.5 Å². The molecule has 0 aliphatic carbocycles. The van der Waals surface area contributed by atoms with E-state index in [-0.39, 0.29) is 5.75 Å². The Morgan fingerprint density at radius 3 is 3.00 bits per heavy atom. The number of nitrogens with zero attached hydrogens (tertiary/aromatic N) is 1. The fourth-order valence-electron chi connectivity index (χ4n) is 1.39. The largest absolute Gasteiger partial charge is 0.505 e. The van der Waals surface area contributed by atoms with Crippen molar-refractivity contribution in [1.82, 2.24) is 4.98 Å². The highest BCUT2D eigenvalue weighted by Gasteiger charge is 2.08. The predicted octanol–water partition coefficient (Wildman–Crippen LogP) is 3.35. The maximum Gasteiger partial charge on any atom is 0.156 e. The second kappa shape index (κ2) is 3.42. The number of aromatic hydroxyl groups is 1. The van der Waals surface area contributed by atoms with E-state index < -0.39 is 0 Å². The maximum atomic E-state index is 9.73. The summed E-state index contributed by atoms with van der Waals surface area (Å²) in [5, 5.41) is 10.6. The number of hydrogen-bond acceptors (Lipinski definition) is 2. The number of phenols is 1. The number of fused-ring (bicyclic) bond motifs is 1. The summed E-state index contributed by atoms with van der Waals surface area (Å²) < 4.78 is 0.638. The van der Waals surface area contributed by atoms with E-state index in [4.69, 9.17) is 0 Å². The Labute approximate surface area is 90.0 Å². The number of rotatable bonds is 1. The van der Waals surface area contributed by atoms with Gasteiger partial charge in [0.2, 0.25) is 0 Å². The number of hydrogen-bond donors (Lipinski definition) is 1. The predicted molar refractivity (Wildman–Crippen MR) is 61.2 cm³/mol. The molecule has 0 saturated heterocycles. The van der Waals surface area contributed by atoms with Gasteiger partial charge in [0.15, 0.2) is 5.75 Å². The van der Waals surface area contributed by atoms with Gasteiger partial charge in [0.05, 0.1) is 4.47 Å². The average Bonchev–Trinajstić information content (AvgIpc) is 2.23. The van der Waals surface area contributed by atoms with Crippen molar-refractivity contribution in [3.8, 4) is 5.75 Å². The van der Waals surface area contributed by atoms with Crippen LogP contribution >= 0.6 is 15.9 Å². The number of pyridine rings is 1. The van der Waals surface area contributed by atoms with E-state index in [0.717, 1.165) is 10.9 Å². The SMILES string of the molecule is C=Cc1cc(Br)c(O)c2ncccc12. The maximum absolute atomic E-state index is 9.73. The third-order valence-electron chi connectivity index (χ3n) is 2.07. The normalized spacial score (nSPS) is 10.4. The van der Waals surface area contributed by atoms with Crippen molar-refractivity contribution in [2.75, 3.05) is 0 Å². The van der Waals surface area contributed by atoms with Crippen LogP contribution in [0.3, 0.4) is 0 Å².